The molecule has 1 heterocycles. The Morgan fingerprint density at radius 1 is 0.939 bits per heavy atom. The first-order chi connectivity index (χ1) is 15.4. The van der Waals surface area contributed by atoms with E-state index in [4.69, 9.17) is 4.84 Å². The Morgan fingerprint density at radius 3 is 2.15 bits per heavy atom. The van der Waals surface area contributed by atoms with E-state index in [0.717, 1.165) is 0 Å². The average Bonchev–Trinajstić information content (AvgIpc) is 3.23. The summed E-state index contributed by atoms with van der Waals surface area (Å²) in [6.07, 6.45) is -9.90. The fraction of sp³-hybridized carbons (Fsp3) is 0.286. The Balaban J connectivity index is 1.65. The van der Waals surface area contributed by atoms with Gasteiger partial charge in [0.15, 0.2) is 0 Å². The van der Waals surface area contributed by atoms with Crippen LogP contribution in [0.3, 0.4) is 0 Å². The van der Waals surface area contributed by atoms with Crippen molar-refractivity contribution in [2.24, 2.45) is 5.16 Å². The van der Waals surface area contributed by atoms with E-state index in [2.05, 4.69) is 10.5 Å². The third kappa shape index (κ3) is 5.62. The van der Waals surface area contributed by atoms with Crippen LogP contribution in [0.2, 0.25) is 0 Å². The van der Waals surface area contributed by atoms with Crippen LogP contribution < -0.4 is 10.6 Å². The van der Waals surface area contributed by atoms with Crippen LogP contribution in [0.25, 0.3) is 0 Å². The summed E-state index contributed by atoms with van der Waals surface area (Å²) in [5.74, 6) is -1.78. The van der Waals surface area contributed by atoms with E-state index in [1.165, 1.54) is 48.5 Å². The van der Waals surface area contributed by atoms with Crippen molar-refractivity contribution in [3.8, 4) is 0 Å². The van der Waals surface area contributed by atoms with Crippen molar-refractivity contribution in [2.75, 3.05) is 13.1 Å². The predicted molar refractivity (Wildman–Crippen MR) is 104 cm³/mol. The molecule has 33 heavy (non-hydrogen) atoms. The van der Waals surface area contributed by atoms with E-state index in [-0.39, 0.29) is 22.4 Å². The minimum absolute atomic E-state index is 0.0228. The van der Waals surface area contributed by atoms with E-state index in [0.29, 0.717) is 0 Å². The fourth-order valence-corrected chi connectivity index (χ4v) is 3.10. The number of alkyl halides is 6. The first-order valence-corrected chi connectivity index (χ1v) is 9.51. The summed E-state index contributed by atoms with van der Waals surface area (Å²) in [5.41, 5.74) is -2.38. The molecule has 1 unspecified atom stereocenters. The molecule has 0 bridgehead atoms. The van der Waals surface area contributed by atoms with Gasteiger partial charge in [-0.25, -0.2) is 0 Å². The molecular weight excluding hydrogens is 456 g/mol. The minimum atomic E-state index is -4.74. The van der Waals surface area contributed by atoms with Gasteiger partial charge in [0.2, 0.25) is 5.91 Å². The molecule has 3 rings (SSSR count). The van der Waals surface area contributed by atoms with E-state index < -0.39 is 49.3 Å². The van der Waals surface area contributed by atoms with Gasteiger partial charge in [0.05, 0.1) is 12.3 Å². The van der Waals surface area contributed by atoms with Crippen LogP contribution in [-0.4, -0.2) is 43.0 Å². The lowest BCUT2D eigenvalue weighted by atomic mass is 9.86. The molecule has 6 nitrogen and oxygen atoms in total. The second kappa shape index (κ2) is 9.12. The Hall–Kier alpha value is -3.57. The van der Waals surface area contributed by atoms with Gasteiger partial charge >= 0.3 is 12.4 Å². The van der Waals surface area contributed by atoms with Crippen LogP contribution in [0.1, 0.15) is 27.9 Å². The second-order valence-corrected chi connectivity index (χ2v) is 7.15. The minimum Gasteiger partial charge on any atom is -0.374 e. The van der Waals surface area contributed by atoms with Gasteiger partial charge in [-0.3, -0.25) is 9.59 Å². The second-order valence-electron chi connectivity index (χ2n) is 7.15. The summed E-state index contributed by atoms with van der Waals surface area (Å²) in [4.78, 5) is 28.4. The van der Waals surface area contributed by atoms with Gasteiger partial charge in [-0.15, -0.1) is 0 Å². The molecule has 1 atom stereocenters. The van der Waals surface area contributed by atoms with Gasteiger partial charge in [-0.2, -0.15) is 26.3 Å². The molecule has 2 aromatic carbocycles. The molecule has 12 heteroatoms. The van der Waals surface area contributed by atoms with Crippen molar-refractivity contribution in [3.63, 3.8) is 0 Å². The van der Waals surface area contributed by atoms with Gasteiger partial charge in [-0.1, -0.05) is 47.6 Å². The SMILES string of the molecule is O=C(CNC(=O)c1ccc(C2=NOC(c3ccccc3)(C(F)(F)F)C2)cc1)NCC(F)(F)F. The van der Waals surface area contributed by atoms with Gasteiger partial charge in [0.1, 0.15) is 6.54 Å². The number of amides is 2. The number of benzene rings is 2. The van der Waals surface area contributed by atoms with Crippen molar-refractivity contribution in [1.29, 1.82) is 0 Å². The lowest BCUT2D eigenvalue weighted by molar-refractivity contribution is -0.275. The van der Waals surface area contributed by atoms with Crippen molar-refractivity contribution in [2.45, 2.75) is 24.4 Å². The summed E-state index contributed by atoms with van der Waals surface area (Å²) in [6, 6.07) is 12.4. The third-order valence-electron chi connectivity index (χ3n) is 4.80. The molecule has 0 aliphatic carbocycles. The number of rotatable bonds is 6. The maximum Gasteiger partial charge on any atom is 0.435 e. The Morgan fingerprint density at radius 2 is 1.58 bits per heavy atom. The van der Waals surface area contributed by atoms with Crippen LogP contribution in [-0.2, 0) is 15.2 Å². The summed E-state index contributed by atoms with van der Waals surface area (Å²) in [5, 5.41) is 7.39. The number of carbonyl (C=O) groups excluding carboxylic acids is 2. The summed E-state index contributed by atoms with van der Waals surface area (Å²) >= 11 is 0. The zero-order valence-corrected chi connectivity index (χ0v) is 16.8. The first kappa shape index (κ1) is 24.1. The predicted octanol–water partition coefficient (Wildman–Crippen LogP) is 3.68. The molecule has 0 spiro atoms. The summed E-state index contributed by atoms with van der Waals surface area (Å²) < 4.78 is 77.9. The summed E-state index contributed by atoms with van der Waals surface area (Å²) in [7, 11) is 0. The number of hydrogen-bond donors (Lipinski definition) is 2. The van der Waals surface area contributed by atoms with Crippen LogP contribution >= 0.6 is 0 Å². The number of nitrogens with zero attached hydrogens (tertiary/aromatic N) is 1. The largest absolute Gasteiger partial charge is 0.435 e. The monoisotopic (exact) mass is 473 g/mol. The highest BCUT2D eigenvalue weighted by molar-refractivity contribution is 6.03. The van der Waals surface area contributed by atoms with E-state index in [1.54, 1.807) is 11.4 Å². The zero-order chi connectivity index (χ0) is 24.3. The summed E-state index contributed by atoms with van der Waals surface area (Å²) in [6.45, 7) is -2.20. The molecular formula is C21H17F6N3O3. The highest BCUT2D eigenvalue weighted by Gasteiger charge is 2.62. The van der Waals surface area contributed by atoms with Gasteiger partial charge in [-0.05, 0) is 17.7 Å². The number of oxime groups is 1. The Kier molecular flexibility index (Phi) is 6.65. The quantitative estimate of drug-likeness (QED) is 0.629. The fourth-order valence-electron chi connectivity index (χ4n) is 3.10. The van der Waals surface area contributed by atoms with Crippen LogP contribution in [0.4, 0.5) is 26.3 Å². The molecule has 0 aromatic heterocycles. The number of hydrogen-bond acceptors (Lipinski definition) is 4. The normalized spacial score (nSPS) is 18.3. The Bertz CT molecular complexity index is 1040. The van der Waals surface area contributed by atoms with Gasteiger partial charge < -0.3 is 15.5 Å². The van der Waals surface area contributed by atoms with Crippen LogP contribution in [0, 0.1) is 0 Å². The molecule has 0 saturated carbocycles. The maximum absolute atomic E-state index is 13.9. The van der Waals surface area contributed by atoms with Gasteiger partial charge in [0, 0.05) is 17.5 Å². The molecule has 2 N–H and O–H groups in total. The van der Waals surface area contributed by atoms with Crippen molar-refractivity contribution in [1.82, 2.24) is 10.6 Å². The molecule has 2 aromatic rings. The van der Waals surface area contributed by atoms with Crippen molar-refractivity contribution >= 4 is 17.5 Å². The zero-order valence-electron chi connectivity index (χ0n) is 16.8. The lowest BCUT2D eigenvalue weighted by Gasteiger charge is -2.29. The van der Waals surface area contributed by atoms with E-state index in [9.17, 15) is 35.9 Å². The van der Waals surface area contributed by atoms with Crippen LogP contribution in [0.5, 0.6) is 0 Å². The molecule has 1 aliphatic rings. The van der Waals surface area contributed by atoms with E-state index >= 15 is 0 Å². The number of halogens is 6. The molecule has 0 saturated heterocycles. The van der Waals surface area contributed by atoms with Crippen LogP contribution in [0.15, 0.2) is 59.8 Å². The molecule has 176 valence electrons. The van der Waals surface area contributed by atoms with Crippen molar-refractivity contribution in [3.05, 3.63) is 71.3 Å². The Labute approximate surface area is 183 Å². The number of carbonyl (C=O) groups is 2. The maximum atomic E-state index is 13.9. The third-order valence-corrected chi connectivity index (χ3v) is 4.80. The molecule has 2 amide bonds. The average molecular weight is 473 g/mol. The standard InChI is InChI=1S/C21H17F6N3O3/c22-20(23,24)12-29-17(31)11-28-18(32)14-8-6-13(7-9-14)16-10-19(33-30-16,21(25,26)27)15-4-2-1-3-5-15/h1-9H,10-12H2,(H,28,32)(H,29,31). The van der Waals surface area contributed by atoms with E-state index in [1.807, 2.05) is 0 Å². The first-order valence-electron chi connectivity index (χ1n) is 9.51. The topological polar surface area (TPSA) is 79.8 Å². The van der Waals surface area contributed by atoms with Crippen molar-refractivity contribution < 1.29 is 40.8 Å². The smallest absolute Gasteiger partial charge is 0.374 e. The molecule has 1 aliphatic heterocycles. The molecule has 0 radical (unpaired) electrons. The lowest BCUT2D eigenvalue weighted by Crippen LogP contribution is -2.42. The highest BCUT2D eigenvalue weighted by Crippen LogP contribution is 2.48. The van der Waals surface area contributed by atoms with Gasteiger partial charge in [0.25, 0.3) is 11.5 Å². The molecule has 0 fully saturated rings. The highest BCUT2D eigenvalue weighted by atomic mass is 19.4. The number of nitrogens with one attached hydrogen (secondary N) is 2.